The lowest BCUT2D eigenvalue weighted by molar-refractivity contribution is 0.175. The fraction of sp³-hybridized carbons (Fsp3) is 0.429. The predicted octanol–water partition coefficient (Wildman–Crippen LogP) is 0.810. The molecule has 1 aromatic heterocycles. The first-order valence-corrected chi connectivity index (χ1v) is 4.60. The summed E-state index contributed by atoms with van der Waals surface area (Å²) in [4.78, 5) is 14.8. The van der Waals surface area contributed by atoms with Crippen LogP contribution in [-0.2, 0) is 4.18 Å². The van der Waals surface area contributed by atoms with Crippen LogP contribution < -0.4 is 5.69 Å². The van der Waals surface area contributed by atoms with E-state index in [0.29, 0.717) is 0 Å². The zero-order valence-electron chi connectivity index (χ0n) is 6.34. The largest absolute Gasteiger partial charge is 0.349 e. The van der Waals surface area contributed by atoms with Crippen molar-refractivity contribution in [3.63, 3.8) is 0 Å². The van der Waals surface area contributed by atoms with Crippen LogP contribution in [-0.4, -0.2) is 15.3 Å². The number of hydrogen-bond acceptors (Lipinski definition) is 4. The van der Waals surface area contributed by atoms with E-state index < -0.39 is 0 Å². The van der Waals surface area contributed by atoms with E-state index in [2.05, 4.69) is 4.98 Å². The Bertz CT molecular complexity index is 319. The van der Waals surface area contributed by atoms with E-state index in [1.165, 1.54) is 22.8 Å². The summed E-state index contributed by atoms with van der Waals surface area (Å²) < 4.78 is 6.77. The zero-order valence-corrected chi connectivity index (χ0v) is 7.16. The molecule has 12 heavy (non-hydrogen) atoms. The molecule has 1 fully saturated rings. The van der Waals surface area contributed by atoms with Crippen molar-refractivity contribution in [1.82, 2.24) is 9.55 Å². The predicted molar refractivity (Wildman–Crippen MR) is 45.7 cm³/mol. The maximum atomic E-state index is 11.2. The highest BCUT2D eigenvalue weighted by Gasteiger charge is 2.18. The second-order valence-corrected chi connectivity index (χ2v) is 3.31. The molecule has 0 spiro atoms. The lowest BCUT2D eigenvalue weighted by atomic mass is 10.4. The van der Waals surface area contributed by atoms with Crippen molar-refractivity contribution >= 4 is 12.0 Å². The highest BCUT2D eigenvalue weighted by molar-refractivity contribution is 7.94. The second kappa shape index (κ2) is 3.28. The van der Waals surface area contributed by atoms with Gasteiger partial charge >= 0.3 is 5.69 Å². The van der Waals surface area contributed by atoms with Crippen molar-refractivity contribution in [3.05, 3.63) is 28.9 Å². The van der Waals surface area contributed by atoms with E-state index in [1.807, 2.05) is 0 Å². The summed E-state index contributed by atoms with van der Waals surface area (Å²) in [5, 5.41) is 0. The molecule has 1 aromatic rings. The molecule has 1 aliphatic heterocycles. The summed E-state index contributed by atoms with van der Waals surface area (Å²) in [6.45, 7) is 0. The molecule has 0 saturated carbocycles. The summed E-state index contributed by atoms with van der Waals surface area (Å²) >= 11 is 1.40. The third-order valence-electron chi connectivity index (χ3n) is 1.68. The molecule has 5 heteroatoms. The molecule has 0 radical (unpaired) electrons. The lowest BCUT2D eigenvalue weighted by Gasteiger charge is -2.09. The van der Waals surface area contributed by atoms with Gasteiger partial charge in [-0.15, -0.1) is 0 Å². The van der Waals surface area contributed by atoms with Crippen LogP contribution >= 0.6 is 12.0 Å². The van der Waals surface area contributed by atoms with Gasteiger partial charge < -0.3 is 0 Å². The Balaban J connectivity index is 2.32. The summed E-state index contributed by atoms with van der Waals surface area (Å²) in [7, 11) is 0. The van der Waals surface area contributed by atoms with E-state index in [-0.39, 0.29) is 11.9 Å². The Morgan fingerprint density at radius 1 is 1.75 bits per heavy atom. The molecule has 0 bridgehead atoms. The molecule has 1 aliphatic rings. The first-order chi connectivity index (χ1) is 5.88. The summed E-state index contributed by atoms with van der Waals surface area (Å²) in [6, 6.07) is 1.73. The highest BCUT2D eigenvalue weighted by Crippen LogP contribution is 2.28. The Kier molecular flexibility index (Phi) is 2.14. The Labute approximate surface area is 73.8 Å². The molecule has 4 nitrogen and oxygen atoms in total. The first kappa shape index (κ1) is 7.82. The minimum atomic E-state index is -0.245. The Morgan fingerprint density at radius 2 is 2.67 bits per heavy atom. The van der Waals surface area contributed by atoms with Gasteiger partial charge in [0, 0.05) is 24.6 Å². The average molecular weight is 184 g/mol. The fourth-order valence-electron chi connectivity index (χ4n) is 1.10. The van der Waals surface area contributed by atoms with Crippen LogP contribution in [0.4, 0.5) is 0 Å². The second-order valence-electron chi connectivity index (χ2n) is 2.47. The van der Waals surface area contributed by atoms with Crippen LogP contribution in [0, 0.1) is 0 Å². The summed E-state index contributed by atoms with van der Waals surface area (Å²) in [6.07, 6.45) is 3.93. The van der Waals surface area contributed by atoms with Crippen molar-refractivity contribution in [2.75, 3.05) is 5.75 Å². The lowest BCUT2D eigenvalue weighted by Crippen LogP contribution is -2.25. The number of nitrogens with zero attached hydrogens (tertiary/aromatic N) is 2. The molecule has 0 aromatic carbocycles. The van der Waals surface area contributed by atoms with Gasteiger partial charge in [-0.05, 0) is 18.1 Å². The number of rotatable bonds is 1. The zero-order chi connectivity index (χ0) is 8.39. The third kappa shape index (κ3) is 1.37. The minimum absolute atomic E-state index is 0.129. The average Bonchev–Trinajstić information content (AvgIpc) is 2.57. The van der Waals surface area contributed by atoms with Crippen molar-refractivity contribution in [1.29, 1.82) is 0 Å². The van der Waals surface area contributed by atoms with Crippen LogP contribution in [0.15, 0.2) is 23.3 Å². The maximum Gasteiger partial charge on any atom is 0.349 e. The van der Waals surface area contributed by atoms with Crippen LogP contribution in [0.25, 0.3) is 0 Å². The van der Waals surface area contributed by atoms with Crippen LogP contribution in [0.2, 0.25) is 0 Å². The van der Waals surface area contributed by atoms with Gasteiger partial charge in [-0.25, -0.2) is 9.78 Å². The molecular formula is C7H8N2O2S. The van der Waals surface area contributed by atoms with E-state index >= 15 is 0 Å². The van der Waals surface area contributed by atoms with Crippen LogP contribution in [0.5, 0.6) is 0 Å². The molecule has 1 saturated heterocycles. The molecule has 1 unspecified atom stereocenters. The first-order valence-electron chi connectivity index (χ1n) is 3.69. The summed E-state index contributed by atoms with van der Waals surface area (Å²) in [5.41, 5.74) is -0.245. The molecule has 1 atom stereocenters. The third-order valence-corrected chi connectivity index (χ3v) is 2.44. The number of aromatic nitrogens is 2. The topological polar surface area (TPSA) is 44.1 Å². The van der Waals surface area contributed by atoms with Crippen molar-refractivity contribution in [2.24, 2.45) is 0 Å². The maximum absolute atomic E-state index is 11.2. The van der Waals surface area contributed by atoms with Gasteiger partial charge in [0.15, 0.2) is 6.23 Å². The number of hydrogen-bond donors (Lipinski definition) is 0. The van der Waals surface area contributed by atoms with Crippen molar-refractivity contribution in [3.8, 4) is 0 Å². The SMILES string of the molecule is O=c1ncccn1C1CCSO1. The van der Waals surface area contributed by atoms with E-state index in [4.69, 9.17) is 4.18 Å². The van der Waals surface area contributed by atoms with Gasteiger partial charge in [0.25, 0.3) is 0 Å². The van der Waals surface area contributed by atoms with E-state index in [9.17, 15) is 4.79 Å². The van der Waals surface area contributed by atoms with Crippen molar-refractivity contribution in [2.45, 2.75) is 12.6 Å². The van der Waals surface area contributed by atoms with E-state index in [1.54, 1.807) is 12.3 Å². The Hall–Kier alpha value is -0.810. The fourth-order valence-corrected chi connectivity index (χ4v) is 1.84. The molecule has 0 amide bonds. The normalized spacial score (nSPS) is 22.8. The molecule has 0 N–H and O–H groups in total. The van der Waals surface area contributed by atoms with Gasteiger partial charge in [0.2, 0.25) is 0 Å². The van der Waals surface area contributed by atoms with Gasteiger partial charge in [-0.2, -0.15) is 0 Å². The molecule has 64 valence electrons. The molecular weight excluding hydrogens is 176 g/mol. The van der Waals surface area contributed by atoms with Crippen molar-refractivity contribution < 1.29 is 4.18 Å². The quantitative estimate of drug-likeness (QED) is 0.606. The summed E-state index contributed by atoms with van der Waals surface area (Å²) in [5.74, 6) is 0.937. The standard InChI is InChI=1S/C7H8N2O2S/c10-7-8-3-1-4-9(7)6-2-5-12-11-6/h1,3-4,6H,2,5H2. The minimum Gasteiger partial charge on any atom is -0.290 e. The Morgan fingerprint density at radius 3 is 3.33 bits per heavy atom. The van der Waals surface area contributed by atoms with Gasteiger partial charge in [-0.3, -0.25) is 8.75 Å². The molecule has 2 heterocycles. The van der Waals surface area contributed by atoms with Gasteiger partial charge in [0.1, 0.15) is 0 Å². The monoisotopic (exact) mass is 184 g/mol. The van der Waals surface area contributed by atoms with Gasteiger partial charge in [0.05, 0.1) is 0 Å². The van der Waals surface area contributed by atoms with Crippen LogP contribution in [0.3, 0.4) is 0 Å². The smallest absolute Gasteiger partial charge is 0.290 e. The van der Waals surface area contributed by atoms with Gasteiger partial charge in [-0.1, -0.05) is 0 Å². The molecule has 0 aliphatic carbocycles. The van der Waals surface area contributed by atoms with E-state index in [0.717, 1.165) is 12.2 Å². The highest BCUT2D eigenvalue weighted by atomic mass is 32.2. The molecule has 2 rings (SSSR count). The van der Waals surface area contributed by atoms with Crippen LogP contribution in [0.1, 0.15) is 12.6 Å².